The van der Waals surface area contributed by atoms with Gasteiger partial charge in [0.1, 0.15) is 6.33 Å². The van der Waals surface area contributed by atoms with E-state index >= 15 is 0 Å². The molecule has 0 fully saturated rings. The number of nitrogens with zero attached hydrogens (tertiary/aromatic N) is 5. The Hall–Kier alpha value is -2.07. The Morgan fingerprint density at radius 1 is 1.53 bits per heavy atom. The maximum atomic E-state index is 11.0. The molecule has 0 atom stereocenters. The van der Waals surface area contributed by atoms with E-state index in [4.69, 9.17) is 5.84 Å². The number of hydrogen-bond donors (Lipinski definition) is 2. The summed E-state index contributed by atoms with van der Waals surface area (Å²) in [6.07, 6.45) is 4.18. The highest BCUT2D eigenvalue weighted by Gasteiger charge is 2.24. The topological polar surface area (TPSA) is 125 Å². The first kappa shape index (κ1) is 11.4. The smallest absolute Gasteiger partial charge is 0.303 e. The molecular weight excluding hydrogens is 294 g/mol. The number of hydrogen-bond acceptors (Lipinski definition) is 7. The number of nitrogen functional groups attached to an aromatic ring is 1. The molecular formula is C7H6BrN7O2. The number of anilines is 1. The van der Waals surface area contributed by atoms with Crippen LogP contribution in [0.1, 0.15) is 0 Å². The summed E-state index contributed by atoms with van der Waals surface area (Å²) < 4.78 is 1.93. The van der Waals surface area contributed by atoms with Crippen LogP contribution in [-0.4, -0.2) is 24.7 Å². The van der Waals surface area contributed by atoms with Crippen LogP contribution in [0.15, 0.2) is 23.2 Å². The normalized spacial score (nSPS) is 10.2. The van der Waals surface area contributed by atoms with Crippen molar-refractivity contribution in [3.8, 4) is 5.82 Å². The van der Waals surface area contributed by atoms with Crippen molar-refractivity contribution in [2.75, 3.05) is 5.43 Å². The number of halogens is 1. The van der Waals surface area contributed by atoms with Crippen LogP contribution in [0.5, 0.6) is 0 Å². The lowest BCUT2D eigenvalue weighted by molar-refractivity contribution is -0.384. The third-order valence-electron chi connectivity index (χ3n) is 1.89. The van der Waals surface area contributed by atoms with E-state index in [1.807, 2.05) is 0 Å². The lowest BCUT2D eigenvalue weighted by Gasteiger charge is -2.04. The van der Waals surface area contributed by atoms with Crippen molar-refractivity contribution in [2.45, 2.75) is 0 Å². The van der Waals surface area contributed by atoms with Crippen molar-refractivity contribution >= 4 is 27.4 Å². The van der Waals surface area contributed by atoms with Crippen LogP contribution in [0.2, 0.25) is 0 Å². The zero-order valence-corrected chi connectivity index (χ0v) is 9.83. The fourth-order valence-electron chi connectivity index (χ4n) is 1.23. The highest BCUT2D eigenvalue weighted by molar-refractivity contribution is 9.10. The van der Waals surface area contributed by atoms with E-state index < -0.39 is 4.92 Å². The lowest BCUT2D eigenvalue weighted by Crippen LogP contribution is -2.14. The van der Waals surface area contributed by atoms with Gasteiger partial charge in [0.15, 0.2) is 0 Å². The van der Waals surface area contributed by atoms with Crippen molar-refractivity contribution in [3.63, 3.8) is 0 Å². The minimum Gasteiger partial charge on any atom is -0.303 e. The van der Waals surface area contributed by atoms with Gasteiger partial charge in [-0.15, -0.1) is 0 Å². The first-order chi connectivity index (χ1) is 8.13. The van der Waals surface area contributed by atoms with E-state index in [9.17, 15) is 10.1 Å². The highest BCUT2D eigenvalue weighted by Crippen LogP contribution is 2.26. The molecule has 0 unspecified atom stereocenters. The zero-order chi connectivity index (χ0) is 12.4. The predicted octanol–water partition coefficient (Wildman–Crippen LogP) is 0.619. The second-order valence-corrected chi connectivity index (χ2v) is 3.81. The van der Waals surface area contributed by atoms with Gasteiger partial charge in [-0.2, -0.15) is 5.10 Å². The summed E-state index contributed by atoms with van der Waals surface area (Å²) in [7, 11) is 0. The summed E-state index contributed by atoms with van der Waals surface area (Å²) >= 11 is 3.19. The van der Waals surface area contributed by atoms with Crippen molar-refractivity contribution < 1.29 is 4.92 Å². The molecule has 0 spiro atoms. The van der Waals surface area contributed by atoms with Crippen LogP contribution in [-0.2, 0) is 0 Å². The molecule has 88 valence electrons. The summed E-state index contributed by atoms with van der Waals surface area (Å²) in [4.78, 5) is 17.8. The minimum absolute atomic E-state index is 0.0312. The number of nitrogens with one attached hydrogen (secondary N) is 1. The van der Waals surface area contributed by atoms with Crippen molar-refractivity contribution in [3.05, 3.63) is 33.3 Å². The van der Waals surface area contributed by atoms with Gasteiger partial charge in [-0.1, -0.05) is 0 Å². The molecule has 0 aliphatic rings. The Morgan fingerprint density at radius 2 is 2.29 bits per heavy atom. The monoisotopic (exact) mass is 299 g/mol. The summed E-state index contributed by atoms with van der Waals surface area (Å²) in [6.45, 7) is 0. The van der Waals surface area contributed by atoms with Gasteiger partial charge in [-0.05, 0) is 15.9 Å². The maximum absolute atomic E-state index is 11.0. The Morgan fingerprint density at radius 3 is 2.82 bits per heavy atom. The van der Waals surface area contributed by atoms with Crippen LogP contribution >= 0.6 is 15.9 Å². The Balaban J connectivity index is 2.65. The van der Waals surface area contributed by atoms with E-state index in [2.05, 4.69) is 36.4 Å². The lowest BCUT2D eigenvalue weighted by atomic mass is 10.4. The predicted molar refractivity (Wildman–Crippen MR) is 61.3 cm³/mol. The molecule has 0 radical (unpaired) electrons. The average Bonchev–Trinajstić information content (AvgIpc) is 2.74. The number of aromatic nitrogens is 4. The summed E-state index contributed by atoms with van der Waals surface area (Å²) in [6, 6.07) is 0. The summed E-state index contributed by atoms with van der Waals surface area (Å²) in [5.74, 6) is 5.11. The largest absolute Gasteiger partial charge is 0.356 e. The first-order valence-corrected chi connectivity index (χ1v) is 5.09. The first-order valence-electron chi connectivity index (χ1n) is 4.30. The van der Waals surface area contributed by atoms with Crippen molar-refractivity contribution in [2.24, 2.45) is 5.84 Å². The molecule has 0 aliphatic carbocycles. The van der Waals surface area contributed by atoms with Gasteiger partial charge in [0.25, 0.3) is 0 Å². The zero-order valence-electron chi connectivity index (χ0n) is 8.24. The van der Waals surface area contributed by atoms with Gasteiger partial charge in [-0.25, -0.2) is 20.5 Å². The average molecular weight is 300 g/mol. The summed E-state index contributed by atoms with van der Waals surface area (Å²) in [5, 5.41) is 14.9. The molecule has 0 amide bonds. The molecule has 17 heavy (non-hydrogen) atoms. The minimum atomic E-state index is -0.625. The quantitative estimate of drug-likeness (QED) is 0.483. The Bertz CT molecular complexity index is 569. The fraction of sp³-hybridized carbons (Fsp3) is 0. The molecule has 2 heterocycles. The standard InChI is InChI=1S/C7H6BrN7O2/c8-4-1-12-14(2-4)7-5(15(16)17)6(13-9)10-3-11-7/h1-3H,9H2,(H,10,11,13). The second-order valence-electron chi connectivity index (χ2n) is 2.90. The van der Waals surface area contributed by atoms with Gasteiger partial charge in [0.05, 0.1) is 15.6 Å². The molecule has 2 aromatic rings. The van der Waals surface area contributed by atoms with Gasteiger partial charge in [0.2, 0.25) is 11.6 Å². The van der Waals surface area contributed by atoms with E-state index in [0.29, 0.717) is 4.47 Å². The molecule has 9 nitrogen and oxygen atoms in total. The molecule has 0 saturated heterocycles. The van der Waals surface area contributed by atoms with Crippen LogP contribution < -0.4 is 11.3 Å². The third kappa shape index (κ3) is 2.07. The molecule has 3 N–H and O–H groups in total. The Kier molecular flexibility index (Phi) is 2.97. The summed E-state index contributed by atoms with van der Waals surface area (Å²) in [5.41, 5.74) is 1.81. The molecule has 2 rings (SSSR count). The third-order valence-corrected chi connectivity index (χ3v) is 2.30. The second kappa shape index (κ2) is 4.43. The number of nitro groups is 1. The molecule has 0 aliphatic heterocycles. The van der Waals surface area contributed by atoms with Gasteiger partial charge >= 0.3 is 5.69 Å². The molecule has 0 bridgehead atoms. The van der Waals surface area contributed by atoms with Crippen molar-refractivity contribution in [1.82, 2.24) is 19.7 Å². The molecule has 0 saturated carbocycles. The number of nitrogens with two attached hydrogens (primary N) is 1. The van der Waals surface area contributed by atoms with Crippen LogP contribution in [0, 0.1) is 10.1 Å². The van der Waals surface area contributed by atoms with Gasteiger partial charge in [0, 0.05) is 6.20 Å². The molecule has 0 aromatic carbocycles. The highest BCUT2D eigenvalue weighted by atomic mass is 79.9. The maximum Gasteiger partial charge on any atom is 0.356 e. The number of hydrazine groups is 1. The molecule has 10 heteroatoms. The number of rotatable bonds is 3. The molecule has 2 aromatic heterocycles. The van der Waals surface area contributed by atoms with Crippen molar-refractivity contribution in [1.29, 1.82) is 0 Å². The van der Waals surface area contributed by atoms with Crippen LogP contribution in [0.25, 0.3) is 5.82 Å². The SMILES string of the molecule is NNc1ncnc(-n2cc(Br)cn2)c1[N+](=O)[O-]. The fourth-order valence-corrected chi connectivity index (χ4v) is 1.51. The van der Waals surface area contributed by atoms with Gasteiger partial charge in [-0.3, -0.25) is 10.1 Å². The van der Waals surface area contributed by atoms with E-state index in [-0.39, 0.29) is 17.3 Å². The van der Waals surface area contributed by atoms with Gasteiger partial charge < -0.3 is 5.43 Å². The Labute approximate surface area is 103 Å². The van der Waals surface area contributed by atoms with E-state index in [1.54, 1.807) is 0 Å². The van der Waals surface area contributed by atoms with E-state index in [1.165, 1.54) is 17.1 Å². The van der Waals surface area contributed by atoms with Crippen LogP contribution in [0.4, 0.5) is 11.5 Å². The van der Waals surface area contributed by atoms with Crippen LogP contribution in [0.3, 0.4) is 0 Å². The van der Waals surface area contributed by atoms with E-state index in [0.717, 1.165) is 6.33 Å².